The van der Waals surface area contributed by atoms with Crippen molar-refractivity contribution in [3.8, 4) is 5.75 Å². The average molecular weight is 481 g/mol. The maximum Gasteiger partial charge on any atom is 0.374 e. The first-order valence-electron chi connectivity index (χ1n) is 11.1. The van der Waals surface area contributed by atoms with Crippen LogP contribution in [-0.2, 0) is 16.1 Å². The van der Waals surface area contributed by atoms with Crippen molar-refractivity contribution >= 4 is 29.1 Å². The number of fused-ring (bicyclic) bond motifs is 2. The second kappa shape index (κ2) is 9.71. The molecule has 1 aliphatic carbocycles. The minimum absolute atomic E-state index is 0.0639. The molecule has 0 atom stereocenters. The quantitative estimate of drug-likeness (QED) is 0.342. The molecule has 0 bridgehead atoms. The fourth-order valence-corrected chi connectivity index (χ4v) is 3.81. The number of hydrogen-bond acceptors (Lipinski definition) is 7. The van der Waals surface area contributed by atoms with Gasteiger partial charge in [0.2, 0.25) is 5.76 Å². The highest BCUT2D eigenvalue weighted by atomic mass is 16.6. The van der Waals surface area contributed by atoms with Gasteiger partial charge in [0.25, 0.3) is 5.91 Å². The lowest BCUT2D eigenvalue weighted by molar-refractivity contribution is -0.119. The molecule has 1 amide bonds. The maximum absolute atomic E-state index is 12.8. The molecule has 8 heteroatoms. The number of rotatable bonds is 7. The van der Waals surface area contributed by atoms with Crippen LogP contribution in [0.3, 0.4) is 0 Å². The second-order valence-electron chi connectivity index (χ2n) is 7.96. The van der Waals surface area contributed by atoms with E-state index in [4.69, 9.17) is 13.9 Å². The molecule has 0 spiro atoms. The monoisotopic (exact) mass is 481 g/mol. The summed E-state index contributed by atoms with van der Waals surface area (Å²) in [5, 5.41) is 2.57. The Morgan fingerprint density at radius 1 is 0.750 bits per heavy atom. The fraction of sp³-hybridized carbons (Fsp3) is 0.0714. The van der Waals surface area contributed by atoms with E-state index in [0.717, 1.165) is 0 Å². The molecule has 0 saturated heterocycles. The van der Waals surface area contributed by atoms with E-state index in [1.54, 1.807) is 42.5 Å². The van der Waals surface area contributed by atoms with Crippen LogP contribution in [0.4, 0.5) is 5.69 Å². The van der Waals surface area contributed by atoms with Gasteiger partial charge in [-0.15, -0.1) is 0 Å². The fourth-order valence-electron chi connectivity index (χ4n) is 3.81. The van der Waals surface area contributed by atoms with E-state index in [0.29, 0.717) is 28.3 Å². The molecule has 5 rings (SSSR count). The zero-order chi connectivity index (χ0) is 25.1. The normalized spacial score (nSPS) is 11.9. The number of amides is 1. The Morgan fingerprint density at radius 2 is 1.42 bits per heavy atom. The predicted molar refractivity (Wildman–Crippen MR) is 128 cm³/mol. The van der Waals surface area contributed by atoms with E-state index in [-0.39, 0.29) is 35.1 Å². The first kappa shape index (κ1) is 22.8. The molecule has 3 aromatic carbocycles. The van der Waals surface area contributed by atoms with E-state index in [2.05, 4.69) is 5.32 Å². The molecule has 0 radical (unpaired) electrons. The summed E-state index contributed by atoms with van der Waals surface area (Å²) in [7, 11) is 0. The van der Waals surface area contributed by atoms with Crippen LogP contribution in [0.1, 0.15) is 48.2 Å². The van der Waals surface area contributed by atoms with Gasteiger partial charge in [0.1, 0.15) is 18.1 Å². The summed E-state index contributed by atoms with van der Waals surface area (Å²) in [6.45, 7) is -0.440. The van der Waals surface area contributed by atoms with Crippen molar-refractivity contribution in [3.05, 3.63) is 119 Å². The molecular formula is C28H19NO7. The van der Waals surface area contributed by atoms with Crippen molar-refractivity contribution in [2.75, 3.05) is 11.9 Å². The summed E-state index contributed by atoms with van der Waals surface area (Å²) in [4.78, 5) is 50.1. The van der Waals surface area contributed by atoms with E-state index in [1.807, 2.05) is 18.2 Å². The van der Waals surface area contributed by atoms with Crippen LogP contribution in [0.25, 0.3) is 0 Å². The molecule has 0 fully saturated rings. The van der Waals surface area contributed by atoms with Gasteiger partial charge in [-0.25, -0.2) is 4.79 Å². The van der Waals surface area contributed by atoms with Crippen LogP contribution in [0, 0.1) is 0 Å². The number of ketones is 2. The number of carbonyl (C=O) groups is 4. The Labute approximate surface area is 205 Å². The highest BCUT2D eigenvalue weighted by Crippen LogP contribution is 2.29. The number of furan rings is 1. The van der Waals surface area contributed by atoms with Crippen molar-refractivity contribution in [2.24, 2.45) is 0 Å². The Bertz CT molecular complexity index is 1490. The first-order valence-corrected chi connectivity index (χ1v) is 11.1. The molecule has 0 saturated carbocycles. The molecule has 0 aliphatic heterocycles. The summed E-state index contributed by atoms with van der Waals surface area (Å²) >= 11 is 0. The largest absolute Gasteiger partial charge is 0.486 e. The van der Waals surface area contributed by atoms with Gasteiger partial charge in [-0.05, 0) is 42.5 Å². The third kappa shape index (κ3) is 4.65. The van der Waals surface area contributed by atoms with E-state index >= 15 is 0 Å². The molecule has 1 heterocycles. The standard InChI is InChI=1S/C28H19NO7/c30-25(16-35-28(33)24-13-11-19(36-24)15-34-18-6-2-1-3-7-18)29-17-10-12-22-23(14-17)27(32)21-9-5-4-8-20(21)26(22)31/h1-14H,15-16H2,(H,29,30). The van der Waals surface area contributed by atoms with Crippen molar-refractivity contribution in [3.63, 3.8) is 0 Å². The molecule has 1 aromatic heterocycles. The average Bonchev–Trinajstić information content (AvgIpc) is 3.39. The number of para-hydroxylation sites is 1. The van der Waals surface area contributed by atoms with E-state index in [1.165, 1.54) is 24.3 Å². The van der Waals surface area contributed by atoms with Crippen LogP contribution in [0.2, 0.25) is 0 Å². The minimum Gasteiger partial charge on any atom is -0.486 e. The topological polar surface area (TPSA) is 112 Å². The predicted octanol–water partition coefficient (Wildman–Crippen LogP) is 4.43. The molecule has 8 nitrogen and oxygen atoms in total. The van der Waals surface area contributed by atoms with Crippen LogP contribution < -0.4 is 10.1 Å². The zero-order valence-corrected chi connectivity index (χ0v) is 18.9. The van der Waals surface area contributed by atoms with E-state index in [9.17, 15) is 19.2 Å². The van der Waals surface area contributed by atoms with Crippen LogP contribution in [0.15, 0.2) is 89.3 Å². The van der Waals surface area contributed by atoms with Gasteiger partial charge in [-0.1, -0.05) is 42.5 Å². The van der Waals surface area contributed by atoms with Gasteiger partial charge in [-0.3, -0.25) is 14.4 Å². The van der Waals surface area contributed by atoms with Gasteiger partial charge in [0.05, 0.1) is 0 Å². The number of nitrogens with one attached hydrogen (secondary N) is 1. The van der Waals surface area contributed by atoms with Gasteiger partial charge in [-0.2, -0.15) is 0 Å². The Morgan fingerprint density at radius 3 is 2.17 bits per heavy atom. The smallest absolute Gasteiger partial charge is 0.374 e. The van der Waals surface area contributed by atoms with E-state index < -0.39 is 18.5 Å². The van der Waals surface area contributed by atoms with Crippen LogP contribution in [-0.4, -0.2) is 30.0 Å². The number of anilines is 1. The second-order valence-corrected chi connectivity index (χ2v) is 7.96. The zero-order valence-electron chi connectivity index (χ0n) is 18.9. The van der Waals surface area contributed by atoms with Crippen molar-refractivity contribution < 1.29 is 33.1 Å². The Hall–Kier alpha value is -4.98. The van der Waals surface area contributed by atoms with Crippen molar-refractivity contribution in [1.29, 1.82) is 0 Å². The highest BCUT2D eigenvalue weighted by Gasteiger charge is 2.29. The summed E-state index contributed by atoms with van der Waals surface area (Å²) in [5.41, 5.74) is 1.45. The van der Waals surface area contributed by atoms with Crippen molar-refractivity contribution in [1.82, 2.24) is 0 Å². The third-order valence-corrected chi connectivity index (χ3v) is 5.53. The lowest BCUT2D eigenvalue weighted by atomic mass is 9.84. The Kier molecular flexibility index (Phi) is 6.15. The van der Waals surface area contributed by atoms with Gasteiger partial charge in [0.15, 0.2) is 18.2 Å². The molecule has 178 valence electrons. The lowest BCUT2D eigenvalue weighted by Crippen LogP contribution is -2.23. The highest BCUT2D eigenvalue weighted by molar-refractivity contribution is 6.28. The number of esters is 1. The van der Waals surface area contributed by atoms with Crippen molar-refractivity contribution in [2.45, 2.75) is 6.61 Å². The molecule has 36 heavy (non-hydrogen) atoms. The summed E-state index contributed by atoms with van der Waals surface area (Å²) in [6, 6.07) is 23.2. The summed E-state index contributed by atoms with van der Waals surface area (Å²) in [5.74, 6) is -0.953. The van der Waals surface area contributed by atoms with Crippen LogP contribution in [0.5, 0.6) is 5.75 Å². The number of hydrogen-bond donors (Lipinski definition) is 1. The lowest BCUT2D eigenvalue weighted by Gasteiger charge is -2.18. The third-order valence-electron chi connectivity index (χ3n) is 5.53. The molecule has 1 N–H and O–H groups in total. The summed E-state index contributed by atoms with van der Waals surface area (Å²) in [6.07, 6.45) is 0. The number of ether oxygens (including phenoxy) is 2. The van der Waals surface area contributed by atoms with Crippen LogP contribution >= 0.6 is 0 Å². The molecule has 0 unspecified atom stereocenters. The molecular weight excluding hydrogens is 462 g/mol. The number of carbonyl (C=O) groups excluding carboxylic acids is 4. The Balaban J connectivity index is 1.17. The maximum atomic E-state index is 12.8. The van der Waals surface area contributed by atoms with Gasteiger partial charge >= 0.3 is 5.97 Å². The summed E-state index contributed by atoms with van der Waals surface area (Å²) < 4.78 is 16.0. The molecule has 4 aromatic rings. The number of benzene rings is 3. The first-order chi connectivity index (χ1) is 17.5. The van der Waals surface area contributed by atoms with Gasteiger partial charge in [0, 0.05) is 27.9 Å². The molecule has 1 aliphatic rings. The minimum atomic E-state index is -0.807. The van der Waals surface area contributed by atoms with Gasteiger partial charge < -0.3 is 19.2 Å². The SMILES string of the molecule is O=C(COC(=O)c1ccc(COc2ccccc2)o1)Nc1ccc2c(c1)C(=O)c1ccccc1C2=O.